The number of hydrogen-bond acceptors (Lipinski definition) is 2. The zero-order valence-electron chi connectivity index (χ0n) is 8.33. The van der Waals surface area contributed by atoms with Gasteiger partial charge in [-0.2, -0.15) is 4.99 Å². The Morgan fingerprint density at radius 1 is 1.50 bits per heavy atom. The van der Waals surface area contributed by atoms with Crippen LogP contribution in [0, 0.1) is 11.6 Å². The Morgan fingerprint density at radius 3 is 2.75 bits per heavy atom. The Morgan fingerprint density at radius 2 is 2.19 bits per heavy atom. The lowest BCUT2D eigenvalue weighted by Crippen LogP contribution is -2.18. The third-order valence-electron chi connectivity index (χ3n) is 1.59. The molecule has 0 aliphatic rings. The van der Waals surface area contributed by atoms with E-state index in [0.717, 1.165) is 12.1 Å². The summed E-state index contributed by atoms with van der Waals surface area (Å²) in [5.41, 5.74) is 5.25. The summed E-state index contributed by atoms with van der Waals surface area (Å²) in [5, 5.41) is 2.37. The maximum Gasteiger partial charge on any atom is 0.289 e. The summed E-state index contributed by atoms with van der Waals surface area (Å²) < 4.78 is 30.3. The van der Waals surface area contributed by atoms with Crippen molar-refractivity contribution in [3.8, 4) is 0 Å². The van der Waals surface area contributed by atoms with E-state index in [1.54, 1.807) is 0 Å². The molecule has 0 aromatic heterocycles. The second kappa shape index (κ2) is 5.36. The molecule has 0 radical (unpaired) electrons. The predicted octanol–water partition coefficient (Wildman–Crippen LogP) is 1.62. The van der Waals surface area contributed by atoms with Crippen molar-refractivity contribution in [1.82, 2.24) is 0 Å². The second-order valence-electron chi connectivity index (χ2n) is 2.71. The molecule has 16 heavy (non-hydrogen) atoms. The third kappa shape index (κ3) is 3.43. The molecule has 0 saturated carbocycles. The van der Waals surface area contributed by atoms with Gasteiger partial charge >= 0.3 is 0 Å². The van der Waals surface area contributed by atoms with Crippen LogP contribution in [-0.2, 0) is 4.74 Å². The van der Waals surface area contributed by atoms with Crippen LogP contribution in [0.5, 0.6) is 0 Å². The van der Waals surface area contributed by atoms with Crippen LogP contribution in [0.4, 0.5) is 14.5 Å². The van der Waals surface area contributed by atoms with E-state index >= 15 is 0 Å². The molecule has 0 amide bonds. The lowest BCUT2D eigenvalue weighted by molar-refractivity contribution is 0.397. The fraction of sp³-hybridized carbons (Fsp3) is 0.111. The lowest BCUT2D eigenvalue weighted by atomic mass is 10.3. The zero-order valence-corrected chi connectivity index (χ0v) is 9.15. The van der Waals surface area contributed by atoms with Gasteiger partial charge in [0.1, 0.15) is 11.6 Å². The van der Waals surface area contributed by atoms with Crippen molar-refractivity contribution in [3.63, 3.8) is 0 Å². The molecule has 0 aliphatic heterocycles. The molecule has 0 aliphatic carbocycles. The zero-order chi connectivity index (χ0) is 12.1. The molecule has 0 unspecified atom stereocenters. The Labute approximate surface area is 96.1 Å². The summed E-state index contributed by atoms with van der Waals surface area (Å²) in [7, 11) is 1.32. The predicted molar refractivity (Wildman–Crippen MR) is 61.2 cm³/mol. The van der Waals surface area contributed by atoms with E-state index in [9.17, 15) is 8.78 Å². The Bertz CT molecular complexity index is 437. The normalized spacial score (nSPS) is 11.1. The molecule has 86 valence electrons. The Hall–Kier alpha value is -1.76. The third-order valence-corrected chi connectivity index (χ3v) is 1.79. The van der Waals surface area contributed by atoms with Gasteiger partial charge in [0, 0.05) is 6.07 Å². The largest absolute Gasteiger partial charge is 0.468 e. The number of nitrogens with zero attached hydrogens (tertiary/aromatic N) is 1. The quantitative estimate of drug-likeness (QED) is 0.448. The summed E-state index contributed by atoms with van der Waals surface area (Å²) in [6, 6.07) is 2.88. The molecule has 0 fully saturated rings. The number of benzene rings is 1. The van der Waals surface area contributed by atoms with Gasteiger partial charge in [-0.15, -0.1) is 0 Å². The first kappa shape index (κ1) is 12.3. The van der Waals surface area contributed by atoms with E-state index in [1.807, 2.05) is 0 Å². The molecule has 1 aromatic rings. The van der Waals surface area contributed by atoms with E-state index in [1.165, 1.54) is 13.2 Å². The van der Waals surface area contributed by atoms with E-state index < -0.39 is 11.6 Å². The highest BCUT2D eigenvalue weighted by Crippen LogP contribution is 2.14. The van der Waals surface area contributed by atoms with Gasteiger partial charge in [0.25, 0.3) is 6.02 Å². The van der Waals surface area contributed by atoms with Crippen molar-refractivity contribution in [2.45, 2.75) is 0 Å². The van der Waals surface area contributed by atoms with Gasteiger partial charge in [0.2, 0.25) is 5.11 Å². The molecule has 1 aromatic carbocycles. The van der Waals surface area contributed by atoms with Gasteiger partial charge in [-0.1, -0.05) is 0 Å². The second-order valence-corrected chi connectivity index (χ2v) is 3.10. The lowest BCUT2D eigenvalue weighted by Gasteiger charge is -2.05. The first-order chi connectivity index (χ1) is 7.52. The molecule has 0 atom stereocenters. The number of ether oxygens (including phenoxy) is 1. The highest BCUT2D eigenvalue weighted by atomic mass is 32.1. The number of aliphatic imine (C=N–C) groups is 1. The van der Waals surface area contributed by atoms with Gasteiger partial charge in [-0.05, 0) is 24.4 Å². The fourth-order valence-corrected chi connectivity index (χ4v) is 1.08. The Kier molecular flexibility index (Phi) is 4.12. The van der Waals surface area contributed by atoms with Gasteiger partial charge in [0.15, 0.2) is 0 Å². The number of nitrogens with two attached hydrogens (primary N) is 1. The number of rotatable bonds is 1. The number of amidine groups is 1. The van der Waals surface area contributed by atoms with Gasteiger partial charge in [-0.25, -0.2) is 8.78 Å². The number of methoxy groups -OCH3 is 1. The van der Waals surface area contributed by atoms with E-state index in [0.29, 0.717) is 0 Å². The van der Waals surface area contributed by atoms with Crippen molar-refractivity contribution in [2.24, 2.45) is 10.7 Å². The molecule has 7 heteroatoms. The molecule has 0 heterocycles. The van der Waals surface area contributed by atoms with Crippen LogP contribution >= 0.6 is 12.2 Å². The SMILES string of the molecule is CO/C(N)=N/C(=S)Nc1ccc(F)cc1F. The summed E-state index contributed by atoms with van der Waals surface area (Å²) in [4.78, 5) is 3.59. The molecule has 0 saturated heterocycles. The van der Waals surface area contributed by atoms with Crippen LogP contribution in [0.2, 0.25) is 0 Å². The molecular formula is C9H9F2N3OS. The number of thiocarbonyl (C=S) groups is 1. The van der Waals surface area contributed by atoms with Crippen LogP contribution in [0.3, 0.4) is 0 Å². The monoisotopic (exact) mass is 245 g/mol. The van der Waals surface area contributed by atoms with Gasteiger partial charge in [-0.3, -0.25) is 0 Å². The summed E-state index contributed by atoms with van der Waals surface area (Å²) in [5.74, 6) is -1.44. The molecular weight excluding hydrogens is 236 g/mol. The van der Waals surface area contributed by atoms with Crippen molar-refractivity contribution < 1.29 is 13.5 Å². The van der Waals surface area contributed by atoms with Gasteiger partial charge < -0.3 is 15.8 Å². The highest BCUT2D eigenvalue weighted by molar-refractivity contribution is 7.80. The number of hydrogen-bond donors (Lipinski definition) is 2. The molecule has 0 bridgehead atoms. The van der Waals surface area contributed by atoms with Crippen LogP contribution in [-0.4, -0.2) is 18.2 Å². The highest BCUT2D eigenvalue weighted by Gasteiger charge is 2.05. The molecule has 1 rings (SSSR count). The van der Waals surface area contributed by atoms with Crippen LogP contribution < -0.4 is 11.1 Å². The smallest absolute Gasteiger partial charge is 0.289 e. The van der Waals surface area contributed by atoms with E-state index in [2.05, 4.69) is 15.0 Å². The van der Waals surface area contributed by atoms with E-state index in [4.69, 9.17) is 18.0 Å². The maximum absolute atomic E-state index is 13.2. The van der Waals surface area contributed by atoms with Crippen LogP contribution in [0.1, 0.15) is 0 Å². The number of halogens is 2. The topological polar surface area (TPSA) is 59.6 Å². The first-order valence-electron chi connectivity index (χ1n) is 4.17. The van der Waals surface area contributed by atoms with Crippen LogP contribution in [0.15, 0.2) is 23.2 Å². The maximum atomic E-state index is 13.2. The minimum atomic E-state index is -0.770. The minimum Gasteiger partial charge on any atom is -0.468 e. The summed E-state index contributed by atoms with van der Waals surface area (Å²) >= 11 is 4.75. The first-order valence-corrected chi connectivity index (χ1v) is 4.58. The molecule has 0 spiro atoms. The number of nitrogens with one attached hydrogen (secondary N) is 1. The average molecular weight is 245 g/mol. The molecule has 4 nitrogen and oxygen atoms in total. The summed E-state index contributed by atoms with van der Waals surface area (Å²) in [6.45, 7) is 0. The van der Waals surface area contributed by atoms with Crippen molar-refractivity contribution in [2.75, 3.05) is 12.4 Å². The molecule has 3 N–H and O–H groups in total. The van der Waals surface area contributed by atoms with E-state index in [-0.39, 0.29) is 16.8 Å². The van der Waals surface area contributed by atoms with Crippen LogP contribution in [0.25, 0.3) is 0 Å². The standard InChI is InChI=1S/C9H9F2N3OS/c1-15-8(12)14-9(16)13-7-3-2-5(10)4-6(7)11/h2-4H,1H3,(H3,12,13,14,16). The summed E-state index contributed by atoms with van der Waals surface area (Å²) in [6.07, 6.45) is 0. The van der Waals surface area contributed by atoms with Gasteiger partial charge in [0.05, 0.1) is 12.8 Å². The van der Waals surface area contributed by atoms with Crippen molar-refractivity contribution in [1.29, 1.82) is 0 Å². The fourth-order valence-electron chi connectivity index (χ4n) is 0.880. The van der Waals surface area contributed by atoms with Crippen molar-refractivity contribution >= 4 is 29.0 Å². The van der Waals surface area contributed by atoms with Crippen molar-refractivity contribution in [3.05, 3.63) is 29.8 Å². The average Bonchev–Trinajstić information content (AvgIpc) is 2.22. The minimum absolute atomic E-state index is 0.0130. The Balaban J connectivity index is 2.77. The number of anilines is 1.